The van der Waals surface area contributed by atoms with Crippen LogP contribution in [0.25, 0.3) is 10.9 Å². The number of hydrogen-bond donors (Lipinski definition) is 3. The molecule has 0 spiro atoms. The molecule has 3 rings (SSSR count). The Balaban J connectivity index is 1.86. The van der Waals surface area contributed by atoms with Crippen LogP contribution < -0.4 is 10.0 Å². The SMILES string of the molecule is C=CCNS(=O)(=O)c1cc(C(=O)N[C@H](Cc2c[nH]c3ccccc23)C(=O)OC)ccc1F. The van der Waals surface area contributed by atoms with Gasteiger partial charge in [0.1, 0.15) is 16.8 Å². The van der Waals surface area contributed by atoms with Crippen molar-refractivity contribution < 1.29 is 27.1 Å². The van der Waals surface area contributed by atoms with E-state index in [9.17, 15) is 22.4 Å². The molecule has 0 radical (unpaired) electrons. The molecule has 3 aromatic rings. The summed E-state index contributed by atoms with van der Waals surface area (Å²) in [6, 6.07) is 9.36. The Labute approximate surface area is 184 Å². The summed E-state index contributed by atoms with van der Waals surface area (Å²) in [5.74, 6) is -2.44. The van der Waals surface area contributed by atoms with E-state index in [0.29, 0.717) is 0 Å². The zero-order chi connectivity index (χ0) is 23.3. The fourth-order valence-corrected chi connectivity index (χ4v) is 4.29. The van der Waals surface area contributed by atoms with Crippen LogP contribution in [0.4, 0.5) is 4.39 Å². The van der Waals surface area contributed by atoms with Crippen LogP contribution in [0, 0.1) is 5.82 Å². The van der Waals surface area contributed by atoms with Gasteiger partial charge in [-0.05, 0) is 29.8 Å². The highest BCUT2D eigenvalue weighted by molar-refractivity contribution is 7.89. The van der Waals surface area contributed by atoms with Crippen molar-refractivity contribution in [2.24, 2.45) is 0 Å². The minimum absolute atomic E-state index is 0.104. The zero-order valence-corrected chi connectivity index (χ0v) is 18.0. The Kier molecular flexibility index (Phi) is 7.06. The van der Waals surface area contributed by atoms with Gasteiger partial charge in [0.2, 0.25) is 10.0 Å². The van der Waals surface area contributed by atoms with Crippen LogP contribution in [0.2, 0.25) is 0 Å². The second-order valence-corrected chi connectivity index (χ2v) is 8.63. The maximum absolute atomic E-state index is 14.1. The first kappa shape index (κ1) is 23.2. The first-order valence-corrected chi connectivity index (χ1v) is 11.1. The van der Waals surface area contributed by atoms with E-state index in [1.807, 2.05) is 24.3 Å². The van der Waals surface area contributed by atoms with Crippen molar-refractivity contribution in [1.82, 2.24) is 15.0 Å². The summed E-state index contributed by atoms with van der Waals surface area (Å²) in [5.41, 5.74) is 1.53. The number of halogens is 1. The molecule has 1 heterocycles. The Morgan fingerprint density at radius 1 is 1.25 bits per heavy atom. The Bertz CT molecular complexity index is 1270. The third-order valence-corrected chi connectivity index (χ3v) is 6.23. The number of para-hydroxylation sites is 1. The van der Waals surface area contributed by atoms with E-state index in [4.69, 9.17) is 4.74 Å². The molecule has 0 aliphatic carbocycles. The number of rotatable bonds is 9. The van der Waals surface area contributed by atoms with Gasteiger partial charge in [0.05, 0.1) is 7.11 Å². The highest BCUT2D eigenvalue weighted by Crippen LogP contribution is 2.20. The van der Waals surface area contributed by atoms with Crippen molar-refractivity contribution in [3.8, 4) is 0 Å². The predicted octanol–water partition coefficient (Wildman–Crippen LogP) is 2.29. The second kappa shape index (κ2) is 9.75. The number of ether oxygens (including phenoxy) is 1. The number of nitrogens with one attached hydrogen (secondary N) is 3. The predicted molar refractivity (Wildman–Crippen MR) is 117 cm³/mol. The number of carbonyl (C=O) groups excluding carboxylic acids is 2. The summed E-state index contributed by atoms with van der Waals surface area (Å²) in [7, 11) is -3.00. The van der Waals surface area contributed by atoms with Crippen LogP contribution in [0.15, 0.2) is 66.2 Å². The lowest BCUT2D eigenvalue weighted by molar-refractivity contribution is -0.142. The second-order valence-electron chi connectivity index (χ2n) is 6.90. The molecule has 0 saturated carbocycles. The Morgan fingerprint density at radius 2 is 2.00 bits per heavy atom. The lowest BCUT2D eigenvalue weighted by Gasteiger charge is -2.17. The van der Waals surface area contributed by atoms with Gasteiger partial charge in [-0.1, -0.05) is 24.3 Å². The monoisotopic (exact) mass is 459 g/mol. The maximum Gasteiger partial charge on any atom is 0.328 e. The standard InChI is InChI=1S/C22H22FN3O5S/c1-3-10-25-32(29,30)20-12-14(8-9-17(20)23)21(27)26-19(22(28)31-2)11-15-13-24-18-7-5-4-6-16(15)18/h3-9,12-13,19,24-25H,1,10-11H2,2H3,(H,26,27)/t19-/m1/s1. The number of amides is 1. The minimum Gasteiger partial charge on any atom is -0.467 e. The van der Waals surface area contributed by atoms with E-state index < -0.39 is 38.7 Å². The van der Waals surface area contributed by atoms with Crippen LogP contribution >= 0.6 is 0 Å². The number of sulfonamides is 1. The number of aromatic amines is 1. The van der Waals surface area contributed by atoms with Crippen molar-refractivity contribution in [2.75, 3.05) is 13.7 Å². The van der Waals surface area contributed by atoms with E-state index in [1.165, 1.54) is 13.2 Å². The fourth-order valence-electron chi connectivity index (χ4n) is 3.19. The summed E-state index contributed by atoms with van der Waals surface area (Å²) >= 11 is 0. The average Bonchev–Trinajstić information content (AvgIpc) is 3.19. The lowest BCUT2D eigenvalue weighted by Crippen LogP contribution is -2.43. The quantitative estimate of drug-likeness (QED) is 0.335. The van der Waals surface area contributed by atoms with Crippen molar-refractivity contribution in [1.29, 1.82) is 0 Å². The minimum atomic E-state index is -4.20. The number of methoxy groups -OCH3 is 1. The van der Waals surface area contributed by atoms with E-state index in [0.717, 1.165) is 34.7 Å². The third kappa shape index (κ3) is 5.04. The first-order valence-electron chi connectivity index (χ1n) is 9.60. The number of aromatic nitrogens is 1. The molecule has 1 atom stereocenters. The zero-order valence-electron chi connectivity index (χ0n) is 17.2. The molecule has 2 aromatic carbocycles. The molecule has 32 heavy (non-hydrogen) atoms. The summed E-state index contributed by atoms with van der Waals surface area (Å²) in [4.78, 5) is 27.5. The molecule has 1 amide bonds. The topological polar surface area (TPSA) is 117 Å². The lowest BCUT2D eigenvalue weighted by atomic mass is 10.0. The van der Waals surface area contributed by atoms with Gasteiger partial charge in [0.25, 0.3) is 5.91 Å². The third-order valence-electron chi connectivity index (χ3n) is 4.79. The largest absolute Gasteiger partial charge is 0.467 e. The summed E-state index contributed by atoms with van der Waals surface area (Å²) < 4.78 is 45.7. The molecule has 0 unspecified atom stereocenters. The molecule has 10 heteroatoms. The van der Waals surface area contributed by atoms with E-state index in [2.05, 4.69) is 21.6 Å². The van der Waals surface area contributed by atoms with Gasteiger partial charge in [-0.15, -0.1) is 6.58 Å². The summed E-state index contributed by atoms with van der Waals surface area (Å²) in [6.07, 6.45) is 3.17. The smallest absolute Gasteiger partial charge is 0.328 e. The molecule has 0 aliphatic rings. The number of carbonyl (C=O) groups is 2. The van der Waals surface area contributed by atoms with Crippen molar-refractivity contribution in [3.05, 3.63) is 78.3 Å². The molecule has 8 nitrogen and oxygen atoms in total. The molecule has 0 aliphatic heterocycles. The van der Waals surface area contributed by atoms with Gasteiger partial charge < -0.3 is 15.0 Å². The number of fused-ring (bicyclic) bond motifs is 1. The van der Waals surface area contributed by atoms with Crippen LogP contribution in [-0.2, 0) is 26.0 Å². The molecule has 168 valence electrons. The van der Waals surface area contributed by atoms with Crippen molar-refractivity contribution in [3.63, 3.8) is 0 Å². The molecule has 0 fully saturated rings. The highest BCUT2D eigenvalue weighted by atomic mass is 32.2. The molecule has 0 bridgehead atoms. The molecule has 0 saturated heterocycles. The Hall–Kier alpha value is -3.50. The van der Waals surface area contributed by atoms with Crippen molar-refractivity contribution in [2.45, 2.75) is 17.4 Å². The average molecular weight is 459 g/mol. The van der Waals surface area contributed by atoms with Gasteiger partial charge in [0.15, 0.2) is 0 Å². The number of hydrogen-bond acceptors (Lipinski definition) is 5. The van der Waals surface area contributed by atoms with Gasteiger partial charge in [0, 0.05) is 35.6 Å². The Morgan fingerprint density at radius 3 is 2.72 bits per heavy atom. The van der Waals surface area contributed by atoms with Gasteiger partial charge >= 0.3 is 5.97 Å². The van der Waals surface area contributed by atoms with E-state index in [1.54, 1.807) is 6.20 Å². The number of esters is 1. The molecule has 3 N–H and O–H groups in total. The van der Waals surface area contributed by atoms with Gasteiger partial charge in [-0.2, -0.15) is 0 Å². The van der Waals surface area contributed by atoms with Crippen LogP contribution in [0.5, 0.6) is 0 Å². The first-order chi connectivity index (χ1) is 15.3. The van der Waals surface area contributed by atoms with Crippen LogP contribution in [0.3, 0.4) is 0 Å². The summed E-state index contributed by atoms with van der Waals surface area (Å²) in [5, 5.41) is 3.44. The van der Waals surface area contributed by atoms with E-state index >= 15 is 0 Å². The van der Waals surface area contributed by atoms with Crippen molar-refractivity contribution >= 4 is 32.8 Å². The maximum atomic E-state index is 14.1. The van der Waals surface area contributed by atoms with Crippen LogP contribution in [0.1, 0.15) is 15.9 Å². The molecular weight excluding hydrogens is 437 g/mol. The normalized spacial score (nSPS) is 12.3. The molecule has 1 aromatic heterocycles. The molecular formula is C22H22FN3O5S. The van der Waals surface area contributed by atoms with Gasteiger partial charge in [-0.3, -0.25) is 4.79 Å². The number of benzene rings is 2. The number of H-pyrrole nitrogens is 1. The summed E-state index contributed by atoms with van der Waals surface area (Å²) in [6.45, 7) is 3.30. The van der Waals surface area contributed by atoms with Crippen LogP contribution in [-0.4, -0.2) is 45.0 Å². The van der Waals surface area contributed by atoms with E-state index in [-0.39, 0.29) is 18.5 Å². The van der Waals surface area contributed by atoms with Gasteiger partial charge in [-0.25, -0.2) is 22.3 Å². The highest BCUT2D eigenvalue weighted by Gasteiger charge is 2.26. The fraction of sp³-hybridized carbons (Fsp3) is 0.182.